The highest BCUT2D eigenvalue weighted by molar-refractivity contribution is 8.00. The molecule has 1 fully saturated rings. The molecule has 0 aromatic heterocycles. The monoisotopic (exact) mass is 246 g/mol. The Morgan fingerprint density at radius 3 is 2.75 bits per heavy atom. The molecule has 0 bridgehead atoms. The summed E-state index contributed by atoms with van der Waals surface area (Å²) in [7, 11) is 1.64. The van der Waals surface area contributed by atoms with Gasteiger partial charge in [0.05, 0.1) is 13.2 Å². The summed E-state index contributed by atoms with van der Waals surface area (Å²) >= 11 is 1.90. The van der Waals surface area contributed by atoms with Crippen LogP contribution in [0.2, 0.25) is 0 Å². The van der Waals surface area contributed by atoms with Gasteiger partial charge in [0.25, 0.3) is 0 Å². The summed E-state index contributed by atoms with van der Waals surface area (Å²) in [5.74, 6) is 0.0430. The molecule has 1 aliphatic rings. The summed E-state index contributed by atoms with van der Waals surface area (Å²) < 4.78 is 5.37. The van der Waals surface area contributed by atoms with Crippen LogP contribution in [0.4, 0.5) is 0 Å². The van der Waals surface area contributed by atoms with E-state index in [-0.39, 0.29) is 11.9 Å². The van der Waals surface area contributed by atoms with Gasteiger partial charge in [0.15, 0.2) is 0 Å². The minimum Gasteiger partial charge on any atom is -0.383 e. The Morgan fingerprint density at radius 2 is 2.25 bits per heavy atom. The van der Waals surface area contributed by atoms with Crippen LogP contribution in [0.15, 0.2) is 0 Å². The van der Waals surface area contributed by atoms with Gasteiger partial charge >= 0.3 is 0 Å². The van der Waals surface area contributed by atoms with E-state index in [0.717, 1.165) is 6.54 Å². The Hall–Kier alpha value is -0.260. The van der Waals surface area contributed by atoms with Crippen molar-refractivity contribution in [1.82, 2.24) is 10.6 Å². The molecule has 1 atom stereocenters. The first-order valence-corrected chi connectivity index (χ1v) is 6.88. The van der Waals surface area contributed by atoms with Gasteiger partial charge in [-0.25, -0.2) is 0 Å². The Kier molecular flexibility index (Phi) is 5.58. The van der Waals surface area contributed by atoms with Crippen molar-refractivity contribution in [1.29, 1.82) is 0 Å². The van der Waals surface area contributed by atoms with E-state index in [4.69, 9.17) is 4.74 Å². The molecular weight excluding hydrogens is 224 g/mol. The molecule has 0 aromatic rings. The highest BCUT2D eigenvalue weighted by atomic mass is 32.2. The third-order valence-corrected chi connectivity index (χ3v) is 4.22. The van der Waals surface area contributed by atoms with Crippen LogP contribution >= 0.6 is 11.8 Å². The summed E-state index contributed by atoms with van der Waals surface area (Å²) in [6.45, 7) is 3.82. The van der Waals surface area contributed by atoms with E-state index in [2.05, 4.69) is 16.9 Å². The number of carbonyl (C=O) groups is 1. The number of hydrogen-bond acceptors (Lipinski definition) is 4. The minimum atomic E-state index is 0.0430. The van der Waals surface area contributed by atoms with Crippen LogP contribution in [0.25, 0.3) is 0 Å². The van der Waals surface area contributed by atoms with Crippen LogP contribution in [-0.2, 0) is 9.53 Å². The SMILES string of the molecule is COCC(C)NC(=O)CNCC1(SC)CC1. The number of nitrogens with one attached hydrogen (secondary N) is 2. The molecule has 1 aliphatic carbocycles. The zero-order valence-electron chi connectivity index (χ0n) is 10.3. The lowest BCUT2D eigenvalue weighted by Gasteiger charge is -2.15. The molecule has 1 rings (SSSR count). The number of ether oxygens (including phenoxy) is 1. The second-order valence-electron chi connectivity index (χ2n) is 4.41. The smallest absolute Gasteiger partial charge is 0.234 e. The molecule has 0 spiro atoms. The maximum Gasteiger partial charge on any atom is 0.234 e. The number of amides is 1. The van der Waals surface area contributed by atoms with Crippen molar-refractivity contribution in [2.24, 2.45) is 0 Å². The van der Waals surface area contributed by atoms with E-state index in [0.29, 0.717) is 17.9 Å². The highest BCUT2D eigenvalue weighted by Gasteiger charge is 2.41. The van der Waals surface area contributed by atoms with Crippen molar-refractivity contribution in [3.63, 3.8) is 0 Å². The molecule has 16 heavy (non-hydrogen) atoms. The van der Waals surface area contributed by atoms with Crippen LogP contribution in [0.3, 0.4) is 0 Å². The quantitative estimate of drug-likeness (QED) is 0.659. The van der Waals surface area contributed by atoms with Gasteiger partial charge in [-0.1, -0.05) is 0 Å². The molecule has 0 saturated heterocycles. The van der Waals surface area contributed by atoms with Gasteiger partial charge in [0, 0.05) is 24.4 Å². The Labute approximate surface area is 102 Å². The Morgan fingerprint density at radius 1 is 1.56 bits per heavy atom. The summed E-state index contributed by atoms with van der Waals surface area (Å²) in [6, 6.07) is 0.0785. The van der Waals surface area contributed by atoms with Crippen molar-refractivity contribution >= 4 is 17.7 Å². The lowest BCUT2D eigenvalue weighted by molar-refractivity contribution is -0.121. The molecule has 0 aliphatic heterocycles. The lowest BCUT2D eigenvalue weighted by Crippen LogP contribution is -2.42. The van der Waals surface area contributed by atoms with Crippen molar-refractivity contribution in [3.8, 4) is 0 Å². The van der Waals surface area contributed by atoms with Gasteiger partial charge in [-0.3, -0.25) is 4.79 Å². The Balaban J connectivity index is 2.06. The maximum absolute atomic E-state index is 11.5. The normalized spacial score (nSPS) is 19.2. The van der Waals surface area contributed by atoms with Crippen LogP contribution in [0, 0.1) is 0 Å². The molecule has 1 saturated carbocycles. The number of hydrogen-bond donors (Lipinski definition) is 2. The summed E-state index contributed by atoms with van der Waals surface area (Å²) in [5.41, 5.74) is 0. The standard InChI is InChI=1S/C11H22N2O2S/c1-9(7-15-2)13-10(14)6-12-8-11(16-3)4-5-11/h9,12H,4-8H2,1-3H3,(H,13,14). The zero-order chi connectivity index (χ0) is 12.0. The van der Waals surface area contributed by atoms with Crippen LogP contribution in [-0.4, -0.2) is 49.8 Å². The first-order valence-electron chi connectivity index (χ1n) is 5.66. The molecule has 1 amide bonds. The van der Waals surface area contributed by atoms with Gasteiger partial charge in [-0.2, -0.15) is 11.8 Å². The Bertz CT molecular complexity index is 232. The van der Waals surface area contributed by atoms with Gasteiger partial charge < -0.3 is 15.4 Å². The van der Waals surface area contributed by atoms with E-state index in [1.807, 2.05) is 18.7 Å². The predicted octanol–water partition coefficient (Wildman–Crippen LogP) is 0.623. The van der Waals surface area contributed by atoms with Crippen molar-refractivity contribution in [2.45, 2.75) is 30.6 Å². The third kappa shape index (κ3) is 4.72. The van der Waals surface area contributed by atoms with E-state index in [1.165, 1.54) is 12.8 Å². The first kappa shape index (κ1) is 13.8. The molecular formula is C11H22N2O2S. The molecule has 2 N–H and O–H groups in total. The second-order valence-corrected chi connectivity index (χ2v) is 5.69. The van der Waals surface area contributed by atoms with Crippen molar-refractivity contribution < 1.29 is 9.53 Å². The maximum atomic E-state index is 11.5. The van der Waals surface area contributed by atoms with Crippen LogP contribution < -0.4 is 10.6 Å². The molecule has 0 radical (unpaired) electrons. The fraction of sp³-hybridized carbons (Fsp3) is 0.909. The fourth-order valence-electron chi connectivity index (χ4n) is 1.61. The third-order valence-electron chi connectivity index (χ3n) is 2.80. The van der Waals surface area contributed by atoms with E-state index >= 15 is 0 Å². The largest absolute Gasteiger partial charge is 0.383 e. The average molecular weight is 246 g/mol. The molecule has 5 heteroatoms. The first-order chi connectivity index (χ1) is 7.62. The fourth-order valence-corrected chi connectivity index (χ4v) is 2.37. The van der Waals surface area contributed by atoms with Gasteiger partial charge in [0.2, 0.25) is 5.91 Å². The summed E-state index contributed by atoms with van der Waals surface area (Å²) in [5, 5.41) is 6.08. The molecule has 0 aromatic carbocycles. The van der Waals surface area contributed by atoms with E-state index in [1.54, 1.807) is 7.11 Å². The summed E-state index contributed by atoms with van der Waals surface area (Å²) in [4.78, 5) is 11.5. The number of methoxy groups -OCH3 is 1. The van der Waals surface area contributed by atoms with Gasteiger partial charge in [-0.15, -0.1) is 0 Å². The minimum absolute atomic E-state index is 0.0430. The van der Waals surface area contributed by atoms with Crippen LogP contribution in [0.5, 0.6) is 0 Å². The average Bonchev–Trinajstić information content (AvgIpc) is 2.99. The lowest BCUT2D eigenvalue weighted by atomic mass is 10.3. The topological polar surface area (TPSA) is 50.4 Å². The number of thioether (sulfide) groups is 1. The van der Waals surface area contributed by atoms with Crippen LogP contribution in [0.1, 0.15) is 19.8 Å². The predicted molar refractivity (Wildman–Crippen MR) is 67.8 cm³/mol. The van der Waals surface area contributed by atoms with Crippen molar-refractivity contribution in [3.05, 3.63) is 0 Å². The highest BCUT2D eigenvalue weighted by Crippen LogP contribution is 2.46. The number of carbonyl (C=O) groups excluding carboxylic acids is 1. The number of rotatable bonds is 8. The van der Waals surface area contributed by atoms with E-state index < -0.39 is 0 Å². The second kappa shape index (κ2) is 6.47. The molecule has 0 heterocycles. The van der Waals surface area contributed by atoms with Gasteiger partial charge in [-0.05, 0) is 26.0 Å². The van der Waals surface area contributed by atoms with Crippen molar-refractivity contribution in [2.75, 3.05) is 33.1 Å². The molecule has 4 nitrogen and oxygen atoms in total. The molecule has 1 unspecified atom stereocenters. The van der Waals surface area contributed by atoms with Gasteiger partial charge in [0.1, 0.15) is 0 Å². The summed E-state index contributed by atoms with van der Waals surface area (Å²) in [6.07, 6.45) is 4.67. The molecule has 94 valence electrons. The van der Waals surface area contributed by atoms with E-state index in [9.17, 15) is 4.79 Å². The zero-order valence-corrected chi connectivity index (χ0v) is 11.2.